The first-order valence-corrected chi connectivity index (χ1v) is 5.59. The predicted molar refractivity (Wildman–Crippen MR) is 58.4 cm³/mol. The summed E-state index contributed by atoms with van der Waals surface area (Å²) in [4.78, 5) is 5.75. The Bertz CT molecular complexity index is 394. The summed E-state index contributed by atoms with van der Waals surface area (Å²) >= 11 is 0. The van der Waals surface area contributed by atoms with Crippen molar-refractivity contribution < 1.29 is 23.0 Å². The summed E-state index contributed by atoms with van der Waals surface area (Å²) in [5, 5.41) is 9.51. The lowest BCUT2D eigenvalue weighted by atomic mass is 10.1. The number of aliphatic hydroxyl groups is 1. The smallest absolute Gasteiger partial charge is 0.404 e. The number of piperidine rings is 1. The second-order valence-electron chi connectivity index (χ2n) is 4.14. The van der Waals surface area contributed by atoms with Crippen LogP contribution in [0.5, 0.6) is 5.75 Å². The van der Waals surface area contributed by atoms with Gasteiger partial charge in [-0.3, -0.25) is 0 Å². The number of rotatable bonds is 2. The molecule has 1 N–H and O–H groups in total. The molecule has 4 nitrogen and oxygen atoms in total. The van der Waals surface area contributed by atoms with Crippen LogP contribution in [0.25, 0.3) is 0 Å². The Kier molecular flexibility index (Phi) is 3.60. The van der Waals surface area contributed by atoms with Gasteiger partial charge < -0.3 is 14.7 Å². The van der Waals surface area contributed by atoms with Crippen molar-refractivity contribution in [3.63, 3.8) is 0 Å². The molecule has 100 valence electrons. The number of alkyl halides is 3. The summed E-state index contributed by atoms with van der Waals surface area (Å²) < 4.78 is 39.6. The zero-order valence-electron chi connectivity index (χ0n) is 9.52. The van der Waals surface area contributed by atoms with Gasteiger partial charge in [-0.2, -0.15) is 0 Å². The minimum absolute atomic E-state index is 0.344. The molecular weight excluding hydrogens is 249 g/mol. The third-order valence-electron chi connectivity index (χ3n) is 2.67. The summed E-state index contributed by atoms with van der Waals surface area (Å²) in [6.07, 6.45) is -2.50. The van der Waals surface area contributed by atoms with E-state index in [9.17, 15) is 18.3 Å². The molecule has 1 saturated heterocycles. The summed E-state index contributed by atoms with van der Waals surface area (Å²) in [5.41, 5.74) is 0. The van der Waals surface area contributed by atoms with Gasteiger partial charge in [-0.05, 0) is 25.0 Å². The maximum absolute atomic E-state index is 12.0. The molecule has 0 aliphatic carbocycles. The molecule has 7 heteroatoms. The van der Waals surface area contributed by atoms with Gasteiger partial charge in [0.2, 0.25) is 0 Å². The van der Waals surface area contributed by atoms with Crippen molar-refractivity contribution >= 4 is 5.82 Å². The molecule has 1 aromatic rings. The van der Waals surface area contributed by atoms with E-state index >= 15 is 0 Å². The lowest BCUT2D eigenvalue weighted by Gasteiger charge is -2.30. The Morgan fingerprint density at radius 1 is 1.39 bits per heavy atom. The summed E-state index contributed by atoms with van der Waals surface area (Å²) in [5.74, 6) is 0.201. The van der Waals surface area contributed by atoms with Crippen molar-refractivity contribution in [1.82, 2.24) is 4.98 Å². The van der Waals surface area contributed by atoms with Crippen LogP contribution in [0.3, 0.4) is 0 Å². The number of ether oxygens (including phenoxy) is 1. The maximum Gasteiger partial charge on any atom is 0.573 e. The number of aromatic nitrogens is 1. The van der Waals surface area contributed by atoms with Crippen LogP contribution in [-0.4, -0.2) is 35.6 Å². The van der Waals surface area contributed by atoms with Crippen LogP contribution < -0.4 is 9.64 Å². The molecule has 1 aromatic heterocycles. The Hall–Kier alpha value is -1.50. The topological polar surface area (TPSA) is 45.6 Å². The molecular formula is C11H13F3N2O2. The largest absolute Gasteiger partial charge is 0.573 e. The molecule has 2 rings (SSSR count). The van der Waals surface area contributed by atoms with Crippen LogP contribution >= 0.6 is 0 Å². The number of aliphatic hydroxyl groups excluding tert-OH is 1. The molecule has 0 aromatic carbocycles. The molecule has 1 atom stereocenters. The number of halogens is 3. The monoisotopic (exact) mass is 262 g/mol. The first-order chi connectivity index (χ1) is 8.44. The molecule has 0 saturated carbocycles. The highest BCUT2D eigenvalue weighted by Gasteiger charge is 2.31. The Morgan fingerprint density at radius 3 is 2.72 bits per heavy atom. The van der Waals surface area contributed by atoms with E-state index in [1.807, 2.05) is 4.90 Å². The van der Waals surface area contributed by atoms with E-state index in [0.29, 0.717) is 12.4 Å². The van der Waals surface area contributed by atoms with Crippen molar-refractivity contribution in [3.8, 4) is 5.75 Å². The quantitative estimate of drug-likeness (QED) is 0.884. The standard InChI is InChI=1S/C11H13F3N2O2/c12-11(13,14)18-9-3-4-10(15-6-9)16-5-1-2-8(17)7-16/h3-4,6,8,17H,1-2,5,7H2. The highest BCUT2D eigenvalue weighted by atomic mass is 19.4. The van der Waals surface area contributed by atoms with Crippen molar-refractivity contribution in [2.75, 3.05) is 18.0 Å². The van der Waals surface area contributed by atoms with E-state index in [4.69, 9.17) is 0 Å². The van der Waals surface area contributed by atoms with Crippen LogP contribution in [0, 0.1) is 0 Å². The minimum Gasteiger partial charge on any atom is -0.404 e. The number of hydrogen-bond acceptors (Lipinski definition) is 4. The lowest BCUT2D eigenvalue weighted by molar-refractivity contribution is -0.274. The second kappa shape index (κ2) is 5.01. The summed E-state index contributed by atoms with van der Waals surface area (Å²) in [6, 6.07) is 2.68. The number of β-amino-alcohol motifs (C(OH)–C–C–N with tert-alkyl or cyclic N) is 1. The van der Waals surface area contributed by atoms with Crippen LogP contribution in [0.2, 0.25) is 0 Å². The fourth-order valence-electron chi connectivity index (χ4n) is 1.92. The molecule has 18 heavy (non-hydrogen) atoms. The zero-order chi connectivity index (χ0) is 13.2. The van der Waals surface area contributed by atoms with Crippen molar-refractivity contribution in [1.29, 1.82) is 0 Å². The van der Waals surface area contributed by atoms with E-state index in [1.54, 1.807) is 0 Å². The van der Waals surface area contributed by atoms with Gasteiger partial charge in [0.1, 0.15) is 11.6 Å². The van der Waals surface area contributed by atoms with E-state index in [2.05, 4.69) is 9.72 Å². The van der Waals surface area contributed by atoms with Gasteiger partial charge in [0.05, 0.1) is 12.3 Å². The molecule has 1 aliphatic heterocycles. The molecule has 1 unspecified atom stereocenters. The molecule has 0 radical (unpaired) electrons. The number of pyridine rings is 1. The molecule has 0 amide bonds. The van der Waals surface area contributed by atoms with Crippen LogP contribution in [0.1, 0.15) is 12.8 Å². The van der Waals surface area contributed by atoms with Gasteiger partial charge >= 0.3 is 6.36 Å². The fourth-order valence-corrected chi connectivity index (χ4v) is 1.92. The third-order valence-corrected chi connectivity index (χ3v) is 2.67. The SMILES string of the molecule is OC1CCCN(c2ccc(OC(F)(F)F)cn2)C1. The van der Waals surface area contributed by atoms with Crippen LogP contribution in [0.4, 0.5) is 19.0 Å². The Balaban J connectivity index is 2.03. The number of hydrogen-bond donors (Lipinski definition) is 1. The highest BCUT2D eigenvalue weighted by Crippen LogP contribution is 2.24. The number of nitrogens with zero attached hydrogens (tertiary/aromatic N) is 2. The molecule has 0 spiro atoms. The summed E-state index contributed by atoms with van der Waals surface area (Å²) in [6.45, 7) is 1.19. The van der Waals surface area contributed by atoms with E-state index in [0.717, 1.165) is 25.6 Å². The molecule has 2 heterocycles. The van der Waals surface area contributed by atoms with Gasteiger partial charge in [-0.25, -0.2) is 4.98 Å². The van der Waals surface area contributed by atoms with E-state index in [1.165, 1.54) is 12.1 Å². The lowest BCUT2D eigenvalue weighted by Crippen LogP contribution is -2.38. The van der Waals surface area contributed by atoms with Gasteiger partial charge in [0.15, 0.2) is 0 Å². The zero-order valence-corrected chi connectivity index (χ0v) is 9.52. The van der Waals surface area contributed by atoms with E-state index < -0.39 is 12.5 Å². The van der Waals surface area contributed by atoms with Crippen LogP contribution in [-0.2, 0) is 0 Å². The highest BCUT2D eigenvalue weighted by molar-refractivity contribution is 5.41. The van der Waals surface area contributed by atoms with Gasteiger partial charge in [-0.15, -0.1) is 13.2 Å². The molecule has 1 fully saturated rings. The molecule has 0 bridgehead atoms. The molecule has 1 aliphatic rings. The van der Waals surface area contributed by atoms with Crippen molar-refractivity contribution in [2.45, 2.75) is 25.3 Å². The average Bonchev–Trinajstić information content (AvgIpc) is 2.28. The maximum atomic E-state index is 12.0. The Morgan fingerprint density at radius 2 is 2.17 bits per heavy atom. The fraction of sp³-hybridized carbons (Fsp3) is 0.545. The minimum atomic E-state index is -4.70. The normalized spacial score (nSPS) is 20.9. The van der Waals surface area contributed by atoms with Gasteiger partial charge in [0, 0.05) is 13.1 Å². The first kappa shape index (κ1) is 12.9. The Labute approximate surface area is 102 Å². The third kappa shape index (κ3) is 3.49. The predicted octanol–water partition coefficient (Wildman–Crippen LogP) is 1.94. The van der Waals surface area contributed by atoms with Crippen molar-refractivity contribution in [3.05, 3.63) is 18.3 Å². The average molecular weight is 262 g/mol. The van der Waals surface area contributed by atoms with Gasteiger partial charge in [0.25, 0.3) is 0 Å². The van der Waals surface area contributed by atoms with Gasteiger partial charge in [-0.1, -0.05) is 0 Å². The summed E-state index contributed by atoms with van der Waals surface area (Å²) in [7, 11) is 0. The first-order valence-electron chi connectivity index (χ1n) is 5.59. The van der Waals surface area contributed by atoms with Crippen molar-refractivity contribution in [2.24, 2.45) is 0 Å². The second-order valence-corrected chi connectivity index (χ2v) is 4.14. The van der Waals surface area contributed by atoms with E-state index in [-0.39, 0.29) is 5.75 Å². The number of anilines is 1. The van der Waals surface area contributed by atoms with Crippen LogP contribution in [0.15, 0.2) is 18.3 Å².